The maximum atomic E-state index is 13.7. The molecule has 0 saturated heterocycles. The number of benzene rings is 2. The van der Waals surface area contributed by atoms with Crippen molar-refractivity contribution in [1.82, 2.24) is 0 Å². The molecule has 0 aliphatic rings. The Kier molecular flexibility index (Phi) is 4.25. The normalized spacial score (nSPS) is 12.1. The second kappa shape index (κ2) is 5.92. The van der Waals surface area contributed by atoms with Crippen LogP contribution in [0.1, 0.15) is 17.0 Å². The van der Waals surface area contributed by atoms with Crippen LogP contribution in [0.3, 0.4) is 0 Å². The maximum absolute atomic E-state index is 13.7. The Hall–Kier alpha value is -2.07. The highest BCUT2D eigenvalue weighted by molar-refractivity contribution is 6.31. The first-order chi connectivity index (χ1) is 9.49. The van der Waals surface area contributed by atoms with Crippen LogP contribution in [0.5, 0.6) is 5.75 Å². The Morgan fingerprint density at radius 1 is 1.25 bits per heavy atom. The lowest BCUT2D eigenvalue weighted by Gasteiger charge is -2.14. The van der Waals surface area contributed by atoms with E-state index >= 15 is 0 Å². The molecule has 0 aliphatic heterocycles. The second-order valence-corrected chi connectivity index (χ2v) is 4.80. The Labute approximate surface area is 120 Å². The second-order valence-electron chi connectivity index (χ2n) is 4.39. The van der Waals surface area contributed by atoms with Gasteiger partial charge in [-0.15, -0.1) is 0 Å². The number of rotatable bonds is 4. The van der Waals surface area contributed by atoms with Crippen LogP contribution >= 0.6 is 11.6 Å². The number of aliphatic carboxylic acids is 1. The fourth-order valence-corrected chi connectivity index (χ4v) is 2.26. The van der Waals surface area contributed by atoms with E-state index in [0.29, 0.717) is 5.56 Å². The molecule has 0 saturated carbocycles. The third-order valence-corrected chi connectivity index (χ3v) is 3.39. The third kappa shape index (κ3) is 3.08. The topological polar surface area (TPSA) is 57.5 Å². The van der Waals surface area contributed by atoms with Crippen LogP contribution in [-0.2, 0) is 11.2 Å². The highest BCUT2D eigenvalue weighted by Gasteiger charge is 2.23. The number of hydrogen-bond acceptors (Lipinski definition) is 2. The van der Waals surface area contributed by atoms with Crippen molar-refractivity contribution in [2.75, 3.05) is 0 Å². The zero-order chi connectivity index (χ0) is 14.7. The zero-order valence-electron chi connectivity index (χ0n) is 10.4. The van der Waals surface area contributed by atoms with Gasteiger partial charge in [-0.05, 0) is 36.2 Å². The van der Waals surface area contributed by atoms with E-state index in [1.54, 1.807) is 12.1 Å². The molecule has 0 heterocycles. The number of halogens is 2. The van der Waals surface area contributed by atoms with E-state index < -0.39 is 17.7 Å². The number of carboxylic acids is 1. The first-order valence-electron chi connectivity index (χ1n) is 5.93. The molecule has 1 atom stereocenters. The Morgan fingerprint density at radius 3 is 2.55 bits per heavy atom. The molecule has 2 N–H and O–H groups in total. The van der Waals surface area contributed by atoms with Gasteiger partial charge in [-0.3, -0.25) is 4.79 Å². The largest absolute Gasteiger partial charge is 0.508 e. The van der Waals surface area contributed by atoms with Crippen LogP contribution < -0.4 is 0 Å². The fourth-order valence-electron chi connectivity index (χ4n) is 2.02. The molecule has 2 aromatic rings. The van der Waals surface area contributed by atoms with Crippen molar-refractivity contribution in [3.63, 3.8) is 0 Å². The predicted octanol–water partition coefficient (Wildman–Crippen LogP) is 3.60. The van der Waals surface area contributed by atoms with E-state index in [0.717, 1.165) is 0 Å². The zero-order valence-corrected chi connectivity index (χ0v) is 11.1. The van der Waals surface area contributed by atoms with Crippen molar-refractivity contribution < 1.29 is 19.4 Å². The Bertz CT molecular complexity index is 623. The van der Waals surface area contributed by atoms with Crippen molar-refractivity contribution >= 4 is 17.6 Å². The summed E-state index contributed by atoms with van der Waals surface area (Å²) in [6.45, 7) is 0. The van der Waals surface area contributed by atoms with E-state index in [2.05, 4.69) is 0 Å². The van der Waals surface area contributed by atoms with E-state index in [9.17, 15) is 19.4 Å². The summed E-state index contributed by atoms with van der Waals surface area (Å²) in [5, 5.41) is 18.9. The van der Waals surface area contributed by atoms with Gasteiger partial charge in [0, 0.05) is 10.6 Å². The number of hydrogen-bond donors (Lipinski definition) is 2. The van der Waals surface area contributed by atoms with Gasteiger partial charge in [-0.2, -0.15) is 0 Å². The lowest BCUT2D eigenvalue weighted by molar-refractivity contribution is -0.138. The van der Waals surface area contributed by atoms with Gasteiger partial charge >= 0.3 is 5.97 Å². The predicted molar refractivity (Wildman–Crippen MR) is 73.6 cm³/mol. The summed E-state index contributed by atoms with van der Waals surface area (Å²) in [6.07, 6.45) is -0.0791. The molecule has 0 spiro atoms. The van der Waals surface area contributed by atoms with Crippen molar-refractivity contribution in [3.8, 4) is 5.75 Å². The van der Waals surface area contributed by atoms with Crippen LogP contribution in [-0.4, -0.2) is 16.2 Å². The van der Waals surface area contributed by atoms with Gasteiger partial charge in [-0.25, -0.2) is 4.39 Å². The average molecular weight is 295 g/mol. The number of aromatic hydroxyl groups is 1. The molecule has 1 unspecified atom stereocenters. The minimum absolute atomic E-state index is 0.0339. The molecule has 0 aliphatic carbocycles. The highest BCUT2D eigenvalue weighted by Crippen LogP contribution is 2.28. The molecule has 5 heteroatoms. The monoisotopic (exact) mass is 294 g/mol. The summed E-state index contributed by atoms with van der Waals surface area (Å²) < 4.78 is 13.7. The summed E-state index contributed by atoms with van der Waals surface area (Å²) in [5.74, 6) is -2.65. The minimum Gasteiger partial charge on any atom is -0.508 e. The summed E-state index contributed by atoms with van der Waals surface area (Å²) in [7, 11) is 0. The molecule has 0 radical (unpaired) electrons. The number of carboxylic acid groups (broad SMARTS) is 1. The highest BCUT2D eigenvalue weighted by atomic mass is 35.5. The average Bonchev–Trinajstić information content (AvgIpc) is 2.38. The summed E-state index contributed by atoms with van der Waals surface area (Å²) in [5.41, 5.74) is 0.557. The van der Waals surface area contributed by atoms with Crippen LogP contribution in [0.25, 0.3) is 0 Å². The molecule has 3 nitrogen and oxygen atoms in total. The van der Waals surface area contributed by atoms with Crippen molar-refractivity contribution in [2.24, 2.45) is 0 Å². The molecule has 0 amide bonds. The molecule has 0 bridgehead atoms. The maximum Gasteiger partial charge on any atom is 0.311 e. The number of phenols is 1. The van der Waals surface area contributed by atoms with E-state index in [4.69, 9.17) is 11.6 Å². The lowest BCUT2D eigenvalue weighted by atomic mass is 9.91. The Balaban J connectivity index is 2.38. The van der Waals surface area contributed by atoms with Crippen molar-refractivity contribution in [2.45, 2.75) is 12.3 Å². The van der Waals surface area contributed by atoms with Gasteiger partial charge in [-0.1, -0.05) is 29.8 Å². The molecule has 0 fully saturated rings. The van der Waals surface area contributed by atoms with Crippen LogP contribution in [0, 0.1) is 5.82 Å². The lowest BCUT2D eigenvalue weighted by Crippen LogP contribution is -2.15. The van der Waals surface area contributed by atoms with Gasteiger partial charge in [0.05, 0.1) is 5.92 Å². The Morgan fingerprint density at radius 2 is 1.95 bits per heavy atom. The number of phenolic OH excluding ortho intramolecular Hbond substituents is 1. The summed E-state index contributed by atoms with van der Waals surface area (Å²) >= 11 is 5.91. The van der Waals surface area contributed by atoms with Gasteiger partial charge < -0.3 is 10.2 Å². The minimum atomic E-state index is -1.10. The quantitative estimate of drug-likeness (QED) is 0.906. The van der Waals surface area contributed by atoms with Crippen LogP contribution in [0.15, 0.2) is 42.5 Å². The number of carbonyl (C=O) groups is 1. The van der Waals surface area contributed by atoms with Gasteiger partial charge in [0.1, 0.15) is 11.6 Å². The molecule has 104 valence electrons. The SMILES string of the molecule is O=C(O)C(Cc1c(F)cccc1Cl)c1cccc(O)c1. The van der Waals surface area contributed by atoms with E-state index in [1.807, 2.05) is 0 Å². The first-order valence-corrected chi connectivity index (χ1v) is 6.31. The first kappa shape index (κ1) is 14.3. The van der Waals surface area contributed by atoms with Gasteiger partial charge in [0.25, 0.3) is 0 Å². The molecule has 0 aromatic heterocycles. The summed E-state index contributed by atoms with van der Waals surface area (Å²) in [4.78, 5) is 11.4. The van der Waals surface area contributed by atoms with Crippen molar-refractivity contribution in [1.29, 1.82) is 0 Å². The summed E-state index contributed by atoms with van der Waals surface area (Å²) in [6, 6.07) is 10.1. The smallest absolute Gasteiger partial charge is 0.311 e. The fraction of sp³-hybridized carbons (Fsp3) is 0.133. The van der Waals surface area contributed by atoms with E-state index in [-0.39, 0.29) is 22.8 Å². The van der Waals surface area contributed by atoms with Gasteiger partial charge in [0.15, 0.2) is 0 Å². The molecular formula is C15H12ClFO3. The molecular weight excluding hydrogens is 283 g/mol. The van der Waals surface area contributed by atoms with Crippen LogP contribution in [0.2, 0.25) is 5.02 Å². The molecule has 20 heavy (non-hydrogen) atoms. The molecule has 2 aromatic carbocycles. The standard InChI is InChI=1S/C15H12ClFO3/c16-13-5-2-6-14(17)12(13)8-11(15(19)20)9-3-1-4-10(18)7-9/h1-7,11,18H,8H2,(H,19,20). The van der Waals surface area contributed by atoms with E-state index in [1.165, 1.54) is 30.3 Å². The molecule has 2 rings (SSSR count). The van der Waals surface area contributed by atoms with Crippen LogP contribution in [0.4, 0.5) is 4.39 Å². The van der Waals surface area contributed by atoms with Gasteiger partial charge in [0.2, 0.25) is 0 Å². The van der Waals surface area contributed by atoms with Crippen molar-refractivity contribution in [3.05, 3.63) is 64.4 Å². The third-order valence-electron chi connectivity index (χ3n) is 3.04.